The number of aromatic nitrogens is 4. The topological polar surface area (TPSA) is 147 Å². The first kappa shape index (κ1) is 26.3. The van der Waals surface area contributed by atoms with Crippen LogP contribution in [0.2, 0.25) is 0 Å². The lowest BCUT2D eigenvalue weighted by molar-refractivity contribution is 0.196. The Balaban J connectivity index is 1.63. The molecule has 12 heteroatoms. The molecule has 0 saturated carbocycles. The van der Waals surface area contributed by atoms with Crippen LogP contribution in [0.5, 0.6) is 5.88 Å². The molecule has 190 valence electrons. The van der Waals surface area contributed by atoms with Gasteiger partial charge in [-0.3, -0.25) is 0 Å². The Kier molecular flexibility index (Phi) is 8.28. The van der Waals surface area contributed by atoms with Crippen molar-refractivity contribution in [2.75, 3.05) is 24.3 Å². The lowest BCUT2D eigenvalue weighted by Gasteiger charge is -2.14. The van der Waals surface area contributed by atoms with Gasteiger partial charge in [-0.1, -0.05) is 11.8 Å². The van der Waals surface area contributed by atoms with Gasteiger partial charge in [0.05, 0.1) is 24.4 Å². The minimum absolute atomic E-state index is 0.00496. The van der Waals surface area contributed by atoms with Crippen LogP contribution < -0.4 is 15.8 Å². The Bertz CT molecular complexity index is 1530. The van der Waals surface area contributed by atoms with Gasteiger partial charge >= 0.3 is 0 Å². The molecule has 0 spiro atoms. The van der Waals surface area contributed by atoms with Gasteiger partial charge in [0.2, 0.25) is 17.5 Å². The third-order valence-electron chi connectivity index (χ3n) is 5.12. The van der Waals surface area contributed by atoms with E-state index in [1.807, 2.05) is 13.0 Å². The number of rotatable bonds is 9. The average Bonchev–Trinajstić information content (AvgIpc) is 2.91. The van der Waals surface area contributed by atoms with Crippen LogP contribution in [0, 0.1) is 30.6 Å². The van der Waals surface area contributed by atoms with Gasteiger partial charge in [0.15, 0.2) is 0 Å². The molecule has 0 aliphatic carbocycles. The van der Waals surface area contributed by atoms with Gasteiger partial charge in [-0.25, -0.2) is 29.2 Å². The molecule has 4 N–H and O–H groups in total. The Morgan fingerprint density at radius 2 is 2.00 bits per heavy atom. The summed E-state index contributed by atoms with van der Waals surface area (Å²) in [6, 6.07) is 13.1. The van der Waals surface area contributed by atoms with E-state index in [0.29, 0.717) is 50.8 Å². The predicted molar refractivity (Wildman–Crippen MR) is 141 cm³/mol. The number of ether oxygens (including phenoxy) is 1. The maximum absolute atomic E-state index is 13.2. The van der Waals surface area contributed by atoms with Crippen LogP contribution in [0.1, 0.15) is 17.0 Å². The molecule has 0 aliphatic heterocycles. The van der Waals surface area contributed by atoms with E-state index in [2.05, 4.69) is 36.2 Å². The summed E-state index contributed by atoms with van der Waals surface area (Å²) in [7, 11) is 0. The molecular weight excluding hydrogens is 507 g/mol. The minimum Gasteiger partial charge on any atom is -0.475 e. The second-order valence-electron chi connectivity index (χ2n) is 7.83. The second kappa shape index (κ2) is 12.0. The number of nitrogens with zero attached hydrogens (tertiary/aromatic N) is 6. The molecule has 0 atom stereocenters. The Morgan fingerprint density at radius 1 is 1.21 bits per heavy atom. The number of pyridine rings is 2. The van der Waals surface area contributed by atoms with E-state index in [4.69, 9.17) is 22.1 Å². The summed E-state index contributed by atoms with van der Waals surface area (Å²) in [4.78, 5) is 20.9. The van der Waals surface area contributed by atoms with Gasteiger partial charge in [0, 0.05) is 35.0 Å². The molecule has 0 aliphatic rings. The molecule has 0 amide bonds. The number of nitrogens with two attached hydrogens (primary N) is 1. The van der Waals surface area contributed by atoms with E-state index in [-0.39, 0.29) is 36.1 Å². The van der Waals surface area contributed by atoms with E-state index >= 15 is 0 Å². The molecule has 1 aromatic carbocycles. The lowest BCUT2D eigenvalue weighted by Crippen LogP contribution is -2.03. The number of nitrogens with one attached hydrogen (secondary N) is 1. The van der Waals surface area contributed by atoms with E-state index < -0.39 is 0 Å². The molecule has 3 heterocycles. The molecule has 0 unspecified atom stereocenters. The van der Waals surface area contributed by atoms with Crippen LogP contribution in [0.15, 0.2) is 53.7 Å². The van der Waals surface area contributed by atoms with E-state index in [0.717, 1.165) is 0 Å². The molecule has 0 saturated heterocycles. The van der Waals surface area contributed by atoms with Gasteiger partial charge < -0.3 is 20.9 Å². The number of aliphatic hydroxyl groups excluding tert-OH is 1. The summed E-state index contributed by atoms with van der Waals surface area (Å²) in [5.74, 6) is 0.633. The normalized spacial score (nSPS) is 10.4. The predicted octanol–water partition coefficient (Wildman–Crippen LogP) is 4.79. The number of benzene rings is 1. The van der Waals surface area contributed by atoms with Crippen molar-refractivity contribution >= 4 is 34.9 Å². The number of anilines is 3. The van der Waals surface area contributed by atoms with Crippen LogP contribution in [0.3, 0.4) is 0 Å². The monoisotopic (exact) mass is 528 g/mol. The van der Waals surface area contributed by atoms with Crippen molar-refractivity contribution in [3.63, 3.8) is 0 Å². The summed E-state index contributed by atoms with van der Waals surface area (Å²) in [5, 5.41) is 22.4. The summed E-state index contributed by atoms with van der Waals surface area (Å²) in [6.07, 6.45) is 1.48. The number of thioether (sulfide) groups is 1. The molecule has 10 nitrogen and oxygen atoms in total. The molecule has 3 aromatic heterocycles. The zero-order chi connectivity index (χ0) is 27.1. The fourth-order valence-electron chi connectivity index (χ4n) is 3.51. The Labute approximate surface area is 222 Å². The van der Waals surface area contributed by atoms with Crippen LogP contribution in [0.4, 0.5) is 27.5 Å². The minimum atomic E-state index is -0.344. The van der Waals surface area contributed by atoms with Crippen LogP contribution in [-0.2, 0) is 5.75 Å². The van der Waals surface area contributed by atoms with Crippen LogP contribution >= 0.6 is 11.8 Å². The largest absolute Gasteiger partial charge is 0.475 e. The zero-order valence-corrected chi connectivity index (χ0v) is 21.0. The van der Waals surface area contributed by atoms with Crippen molar-refractivity contribution in [2.45, 2.75) is 17.7 Å². The maximum Gasteiger partial charge on any atom is 0.237 e. The molecule has 4 rings (SSSR count). The number of nitriles is 1. The Morgan fingerprint density at radius 3 is 2.66 bits per heavy atom. The Hall–Kier alpha value is -4.78. The third kappa shape index (κ3) is 6.13. The summed E-state index contributed by atoms with van der Waals surface area (Å²) < 4.78 is 18.5. The summed E-state index contributed by atoms with van der Waals surface area (Å²) in [6.45, 7) is 9.38. The number of halogens is 1. The van der Waals surface area contributed by atoms with Gasteiger partial charge in [-0.2, -0.15) is 5.26 Å². The first-order chi connectivity index (χ1) is 18.4. The standard InChI is InChI=1S/C26H21FN8O2S/c1-15-11-19(34-26(32-15)33-18-6-4-17(27)5-7-18)14-38-25-20(12-28)22(23(30-2)24(29)35-25)16-3-8-21(31-13-16)37-10-9-36/h3-8,11,13,36H,9-10,14H2,1H3,(H2,29,35)(H,32,33,34). The first-order valence-electron chi connectivity index (χ1n) is 11.2. The number of nitrogen functional groups attached to an aromatic ring is 1. The summed E-state index contributed by atoms with van der Waals surface area (Å²) >= 11 is 1.25. The lowest BCUT2D eigenvalue weighted by atomic mass is 10.0. The molecule has 0 bridgehead atoms. The van der Waals surface area contributed by atoms with Crippen molar-refractivity contribution < 1.29 is 14.2 Å². The van der Waals surface area contributed by atoms with E-state index in [9.17, 15) is 9.65 Å². The number of hydrogen-bond donors (Lipinski definition) is 3. The van der Waals surface area contributed by atoms with Crippen molar-refractivity contribution in [2.24, 2.45) is 0 Å². The average molecular weight is 529 g/mol. The van der Waals surface area contributed by atoms with E-state index in [1.165, 1.54) is 30.1 Å². The number of aryl methyl sites for hydroxylation is 1. The van der Waals surface area contributed by atoms with Gasteiger partial charge in [-0.15, -0.1) is 0 Å². The maximum atomic E-state index is 13.2. The highest BCUT2D eigenvalue weighted by molar-refractivity contribution is 7.98. The van der Waals surface area contributed by atoms with Crippen LogP contribution in [-0.4, -0.2) is 38.3 Å². The molecule has 0 fully saturated rings. The van der Waals surface area contributed by atoms with Gasteiger partial charge in [0.25, 0.3) is 0 Å². The van der Waals surface area contributed by atoms with Gasteiger partial charge in [0.1, 0.15) is 29.3 Å². The fraction of sp³-hybridized carbons (Fsp3) is 0.154. The van der Waals surface area contributed by atoms with Crippen molar-refractivity contribution in [3.8, 4) is 23.1 Å². The third-order valence-corrected chi connectivity index (χ3v) is 6.13. The molecule has 4 aromatic rings. The van der Waals surface area contributed by atoms with E-state index in [1.54, 1.807) is 24.3 Å². The highest BCUT2D eigenvalue weighted by Crippen LogP contribution is 2.41. The quantitative estimate of drug-likeness (QED) is 0.204. The first-order valence-corrected chi connectivity index (χ1v) is 12.2. The highest BCUT2D eigenvalue weighted by atomic mass is 32.2. The zero-order valence-electron chi connectivity index (χ0n) is 20.1. The molecule has 0 radical (unpaired) electrons. The van der Waals surface area contributed by atoms with Crippen molar-refractivity contribution in [1.82, 2.24) is 19.9 Å². The number of aliphatic hydroxyl groups is 1. The fourth-order valence-corrected chi connectivity index (χ4v) is 4.39. The molecule has 38 heavy (non-hydrogen) atoms. The van der Waals surface area contributed by atoms with Crippen molar-refractivity contribution in [3.05, 3.63) is 82.8 Å². The van der Waals surface area contributed by atoms with Gasteiger partial charge in [-0.05, 0) is 48.9 Å². The SMILES string of the molecule is [C-]#[N+]c1c(N)nc(SCc2cc(C)nc(Nc3ccc(F)cc3)n2)c(C#N)c1-c1ccc(OCCO)nc1. The van der Waals surface area contributed by atoms with Crippen LogP contribution in [0.25, 0.3) is 16.0 Å². The second-order valence-corrected chi connectivity index (χ2v) is 8.79. The highest BCUT2D eigenvalue weighted by Gasteiger charge is 2.21. The molecular formula is C26H21FN8O2S. The number of hydrogen-bond acceptors (Lipinski definition) is 10. The summed E-state index contributed by atoms with van der Waals surface area (Å²) in [5.41, 5.74) is 9.22. The smallest absolute Gasteiger partial charge is 0.237 e. The van der Waals surface area contributed by atoms with Crippen molar-refractivity contribution in [1.29, 1.82) is 5.26 Å².